The number of amides is 1. The Hall–Kier alpha value is -3.99. The third-order valence-corrected chi connectivity index (χ3v) is 8.78. The number of alkyl halides is 6. The summed E-state index contributed by atoms with van der Waals surface area (Å²) in [6, 6.07) is 1.54. The number of methoxy groups -OCH3 is 1. The minimum atomic E-state index is -4.78. The van der Waals surface area contributed by atoms with Gasteiger partial charge >= 0.3 is 18.3 Å². The van der Waals surface area contributed by atoms with Crippen molar-refractivity contribution in [3.63, 3.8) is 0 Å². The van der Waals surface area contributed by atoms with E-state index in [1.807, 2.05) is 4.90 Å². The van der Waals surface area contributed by atoms with Crippen molar-refractivity contribution in [2.75, 3.05) is 37.0 Å². The zero-order valence-corrected chi connectivity index (χ0v) is 24.6. The van der Waals surface area contributed by atoms with Crippen LogP contribution in [0.1, 0.15) is 46.6 Å². The number of aliphatic carboxylic acids is 1. The predicted molar refractivity (Wildman–Crippen MR) is 151 cm³/mol. The van der Waals surface area contributed by atoms with Gasteiger partial charge in [-0.25, -0.2) is 15.0 Å². The second kappa shape index (κ2) is 12.8. The third kappa shape index (κ3) is 7.30. The van der Waals surface area contributed by atoms with Gasteiger partial charge in [0.2, 0.25) is 0 Å². The maximum atomic E-state index is 13.8. The van der Waals surface area contributed by atoms with Crippen molar-refractivity contribution in [1.29, 1.82) is 0 Å². The van der Waals surface area contributed by atoms with Crippen LogP contribution in [0.25, 0.3) is 11.3 Å². The van der Waals surface area contributed by atoms with Crippen molar-refractivity contribution >= 4 is 34.2 Å². The standard InChI is InChI=1S/C28H28F6N6O4S/c1-44-19-5-4-16(11-17(19)27(29,30)31)23-20(14-40-8-2-3-21(40)28(32,33)34)45-26(37-23)38-24(41)18-12-36-22(13-35-18)39-9-6-15(7-10-39)25(42)43/h4-5,11-13,15,21H,2-3,6-10,14H2,1H3,(H,42,43)(H,37,38,41). The molecule has 2 N–H and O–H groups in total. The fraction of sp³-hybridized carbons (Fsp3) is 0.464. The van der Waals surface area contributed by atoms with Gasteiger partial charge in [-0.2, -0.15) is 26.3 Å². The van der Waals surface area contributed by atoms with Gasteiger partial charge in [0, 0.05) is 30.1 Å². The highest BCUT2D eigenvalue weighted by Crippen LogP contribution is 2.42. The van der Waals surface area contributed by atoms with Crippen molar-refractivity contribution in [2.45, 2.75) is 50.6 Å². The highest BCUT2D eigenvalue weighted by atomic mass is 32.1. The van der Waals surface area contributed by atoms with Crippen LogP contribution >= 0.6 is 11.3 Å². The molecular weight excluding hydrogens is 630 g/mol. The number of anilines is 2. The second-order valence-corrected chi connectivity index (χ2v) is 11.8. The van der Waals surface area contributed by atoms with Crippen molar-refractivity contribution < 1.29 is 45.8 Å². The van der Waals surface area contributed by atoms with Gasteiger partial charge in [0.25, 0.3) is 5.91 Å². The average Bonchev–Trinajstić information content (AvgIpc) is 3.63. The van der Waals surface area contributed by atoms with Gasteiger partial charge < -0.3 is 14.7 Å². The number of aromatic nitrogens is 3. The lowest BCUT2D eigenvalue weighted by atomic mass is 9.97. The first-order valence-electron chi connectivity index (χ1n) is 13.9. The Kier molecular flexibility index (Phi) is 9.21. The van der Waals surface area contributed by atoms with E-state index in [9.17, 15) is 41.0 Å². The summed E-state index contributed by atoms with van der Waals surface area (Å²) < 4.78 is 87.2. The maximum absolute atomic E-state index is 13.8. The SMILES string of the molecule is COc1ccc(-c2nc(NC(=O)c3cnc(N4CCC(C(=O)O)CC4)cn3)sc2CN2CCCC2C(F)(F)F)cc1C(F)(F)F. The number of nitrogens with one attached hydrogen (secondary N) is 1. The lowest BCUT2D eigenvalue weighted by Crippen LogP contribution is -2.40. The normalized spacial score (nSPS) is 18.3. The first-order chi connectivity index (χ1) is 21.2. The predicted octanol–water partition coefficient (Wildman–Crippen LogP) is 5.71. The van der Waals surface area contributed by atoms with E-state index in [4.69, 9.17) is 4.74 Å². The molecule has 2 aliphatic rings. The Labute approximate surface area is 257 Å². The molecule has 2 aromatic heterocycles. The minimum absolute atomic E-state index is 0.00229. The van der Waals surface area contributed by atoms with Gasteiger partial charge in [-0.1, -0.05) is 11.3 Å². The van der Waals surface area contributed by atoms with Crippen molar-refractivity contribution in [2.24, 2.45) is 5.92 Å². The highest BCUT2D eigenvalue weighted by molar-refractivity contribution is 7.16. The van der Waals surface area contributed by atoms with E-state index in [-0.39, 0.29) is 46.5 Å². The Balaban J connectivity index is 1.40. The molecule has 1 aromatic carbocycles. The van der Waals surface area contributed by atoms with E-state index >= 15 is 0 Å². The number of ether oxygens (including phenoxy) is 1. The molecule has 10 nitrogen and oxygen atoms in total. The Morgan fingerprint density at radius 2 is 1.80 bits per heavy atom. The number of carbonyl (C=O) groups is 2. The molecule has 45 heavy (non-hydrogen) atoms. The largest absolute Gasteiger partial charge is 0.496 e. The monoisotopic (exact) mass is 658 g/mol. The van der Waals surface area contributed by atoms with E-state index in [0.29, 0.717) is 38.2 Å². The molecule has 1 atom stereocenters. The number of halogens is 6. The number of rotatable bonds is 8. The minimum Gasteiger partial charge on any atom is -0.496 e. The molecule has 242 valence electrons. The number of carboxylic acids is 1. The van der Waals surface area contributed by atoms with Crippen LogP contribution in [-0.4, -0.2) is 75.8 Å². The molecule has 0 saturated carbocycles. The zero-order valence-electron chi connectivity index (χ0n) is 23.8. The molecule has 2 fully saturated rings. The molecule has 0 spiro atoms. The van der Waals surface area contributed by atoms with Gasteiger partial charge in [0.1, 0.15) is 23.3 Å². The quantitative estimate of drug-likeness (QED) is 0.294. The Bertz CT molecular complexity index is 1540. The number of benzene rings is 1. The molecule has 17 heteroatoms. The van der Waals surface area contributed by atoms with Crippen LogP contribution in [0.2, 0.25) is 0 Å². The number of carbonyl (C=O) groups excluding carboxylic acids is 1. The summed E-state index contributed by atoms with van der Waals surface area (Å²) in [7, 11) is 1.09. The van der Waals surface area contributed by atoms with Crippen LogP contribution < -0.4 is 15.0 Å². The van der Waals surface area contributed by atoms with Crippen LogP contribution in [0.15, 0.2) is 30.6 Å². The van der Waals surface area contributed by atoms with Gasteiger partial charge in [0.05, 0.1) is 36.7 Å². The molecule has 0 radical (unpaired) electrons. The lowest BCUT2D eigenvalue weighted by molar-refractivity contribution is -0.177. The number of hydrogen-bond donors (Lipinski definition) is 2. The summed E-state index contributed by atoms with van der Waals surface area (Å²) in [4.78, 5) is 40.3. The summed E-state index contributed by atoms with van der Waals surface area (Å²) in [6.45, 7) is 0.800. The van der Waals surface area contributed by atoms with Gasteiger partial charge in [-0.05, 0) is 50.4 Å². The Morgan fingerprint density at radius 3 is 2.40 bits per heavy atom. The molecule has 0 bridgehead atoms. The zero-order chi connectivity index (χ0) is 32.5. The summed E-state index contributed by atoms with van der Waals surface area (Å²) in [5.41, 5.74) is -1.18. The topological polar surface area (TPSA) is 121 Å². The number of likely N-dealkylation sites (tertiary alicyclic amines) is 1. The van der Waals surface area contributed by atoms with E-state index in [1.54, 1.807) is 0 Å². The van der Waals surface area contributed by atoms with Crippen molar-refractivity contribution in [3.05, 3.63) is 46.7 Å². The lowest BCUT2D eigenvalue weighted by Gasteiger charge is -2.30. The smallest absolute Gasteiger partial charge is 0.419 e. The van der Waals surface area contributed by atoms with Crippen LogP contribution in [0.3, 0.4) is 0 Å². The number of nitrogens with zero attached hydrogens (tertiary/aromatic N) is 5. The molecule has 4 heterocycles. The maximum Gasteiger partial charge on any atom is 0.419 e. The number of thiazole rings is 1. The van der Waals surface area contributed by atoms with E-state index in [1.165, 1.54) is 23.4 Å². The molecule has 3 aromatic rings. The van der Waals surface area contributed by atoms with E-state index in [2.05, 4.69) is 20.3 Å². The first kappa shape index (κ1) is 32.4. The second-order valence-electron chi connectivity index (χ2n) is 10.7. The van der Waals surface area contributed by atoms with Crippen LogP contribution in [0.4, 0.5) is 37.3 Å². The Morgan fingerprint density at radius 1 is 1.07 bits per heavy atom. The van der Waals surface area contributed by atoms with Crippen molar-refractivity contribution in [1.82, 2.24) is 19.9 Å². The molecule has 2 aliphatic heterocycles. The molecule has 2 saturated heterocycles. The molecule has 1 unspecified atom stereocenters. The first-order valence-corrected chi connectivity index (χ1v) is 14.7. The molecule has 5 rings (SSSR count). The summed E-state index contributed by atoms with van der Waals surface area (Å²) >= 11 is 0.860. The van der Waals surface area contributed by atoms with E-state index in [0.717, 1.165) is 30.6 Å². The number of hydrogen-bond acceptors (Lipinski definition) is 9. The van der Waals surface area contributed by atoms with Crippen LogP contribution in [0, 0.1) is 5.92 Å². The van der Waals surface area contributed by atoms with Crippen molar-refractivity contribution in [3.8, 4) is 17.0 Å². The van der Waals surface area contributed by atoms with E-state index < -0.39 is 47.5 Å². The van der Waals surface area contributed by atoms with Gasteiger partial charge in [-0.15, -0.1) is 0 Å². The molecule has 0 aliphatic carbocycles. The summed E-state index contributed by atoms with van der Waals surface area (Å²) in [5.74, 6) is -1.99. The summed E-state index contributed by atoms with van der Waals surface area (Å²) in [5, 5.41) is 11.7. The van der Waals surface area contributed by atoms with Gasteiger partial charge in [-0.3, -0.25) is 19.8 Å². The van der Waals surface area contributed by atoms with Crippen LogP contribution in [-0.2, 0) is 17.5 Å². The summed E-state index contributed by atoms with van der Waals surface area (Å²) in [6.07, 6.45) is -5.60. The number of carboxylic acid groups (broad SMARTS) is 1. The fourth-order valence-electron chi connectivity index (χ4n) is 5.50. The van der Waals surface area contributed by atoms with Crippen LogP contribution in [0.5, 0.6) is 5.75 Å². The average molecular weight is 659 g/mol. The van der Waals surface area contributed by atoms with Gasteiger partial charge in [0.15, 0.2) is 5.13 Å². The fourth-order valence-corrected chi connectivity index (χ4v) is 6.51. The highest BCUT2D eigenvalue weighted by Gasteiger charge is 2.46. The molecule has 1 amide bonds. The number of piperidine rings is 1. The molecular formula is C28H28F6N6O4S. The third-order valence-electron chi connectivity index (χ3n) is 7.82.